The maximum absolute atomic E-state index is 13.4. The lowest BCUT2D eigenvalue weighted by Crippen LogP contribution is -2.35. The van der Waals surface area contributed by atoms with Gasteiger partial charge in [-0.15, -0.1) is 0 Å². The van der Waals surface area contributed by atoms with E-state index in [0.717, 1.165) is 38.4 Å². The van der Waals surface area contributed by atoms with Gasteiger partial charge >= 0.3 is 0 Å². The Bertz CT molecular complexity index is 743. The molecule has 1 fully saturated rings. The number of rotatable bonds is 6. The van der Waals surface area contributed by atoms with Crippen LogP contribution < -0.4 is 10.1 Å². The normalized spacial score (nSPS) is 14.8. The first kappa shape index (κ1) is 18.4. The maximum Gasteiger partial charge on any atom is 0.255 e. The SMILES string of the molecule is COc1ccc(F)cc1C(=O)NCc1ccc(CN2CCOCC2)cc1. The molecule has 1 amide bonds. The lowest BCUT2D eigenvalue weighted by molar-refractivity contribution is 0.0342. The molecule has 1 N–H and O–H groups in total. The van der Waals surface area contributed by atoms with Crippen molar-refractivity contribution in [3.63, 3.8) is 0 Å². The number of nitrogens with one attached hydrogen (secondary N) is 1. The lowest BCUT2D eigenvalue weighted by Gasteiger charge is -2.26. The highest BCUT2D eigenvalue weighted by Crippen LogP contribution is 2.19. The van der Waals surface area contributed by atoms with Crippen LogP contribution in [0.4, 0.5) is 4.39 Å². The Balaban J connectivity index is 1.56. The molecular formula is C20H23FN2O3. The number of methoxy groups -OCH3 is 1. The molecule has 0 atom stereocenters. The summed E-state index contributed by atoms with van der Waals surface area (Å²) < 4.78 is 23.9. The molecule has 6 heteroatoms. The van der Waals surface area contributed by atoms with Crippen molar-refractivity contribution in [2.75, 3.05) is 33.4 Å². The van der Waals surface area contributed by atoms with Crippen molar-refractivity contribution in [2.24, 2.45) is 0 Å². The molecule has 26 heavy (non-hydrogen) atoms. The predicted molar refractivity (Wildman–Crippen MR) is 96.7 cm³/mol. The Labute approximate surface area is 152 Å². The fourth-order valence-electron chi connectivity index (χ4n) is 2.92. The van der Waals surface area contributed by atoms with Gasteiger partial charge in [-0.2, -0.15) is 0 Å². The van der Waals surface area contributed by atoms with E-state index < -0.39 is 5.82 Å². The zero-order chi connectivity index (χ0) is 18.4. The van der Waals surface area contributed by atoms with Gasteiger partial charge in [0.25, 0.3) is 5.91 Å². The van der Waals surface area contributed by atoms with E-state index in [2.05, 4.69) is 22.3 Å². The van der Waals surface area contributed by atoms with E-state index >= 15 is 0 Å². The number of amides is 1. The molecule has 0 radical (unpaired) electrons. The summed E-state index contributed by atoms with van der Waals surface area (Å²) in [6.07, 6.45) is 0. The Morgan fingerprint density at radius 2 is 1.85 bits per heavy atom. The molecule has 138 valence electrons. The van der Waals surface area contributed by atoms with Crippen LogP contribution in [0.3, 0.4) is 0 Å². The molecule has 0 spiro atoms. The minimum atomic E-state index is -0.469. The second-order valence-corrected chi connectivity index (χ2v) is 6.23. The topological polar surface area (TPSA) is 50.8 Å². The van der Waals surface area contributed by atoms with Crippen LogP contribution in [0.2, 0.25) is 0 Å². The summed E-state index contributed by atoms with van der Waals surface area (Å²) in [5, 5.41) is 2.81. The average Bonchev–Trinajstić information content (AvgIpc) is 2.68. The molecule has 0 aliphatic carbocycles. The molecule has 5 nitrogen and oxygen atoms in total. The van der Waals surface area contributed by atoms with Crippen LogP contribution in [0.5, 0.6) is 5.75 Å². The molecule has 3 rings (SSSR count). The molecule has 2 aromatic rings. The van der Waals surface area contributed by atoms with Crippen molar-refractivity contribution in [2.45, 2.75) is 13.1 Å². The van der Waals surface area contributed by atoms with Crippen LogP contribution in [-0.4, -0.2) is 44.2 Å². The summed E-state index contributed by atoms with van der Waals surface area (Å²) >= 11 is 0. The number of hydrogen-bond acceptors (Lipinski definition) is 4. The average molecular weight is 358 g/mol. The quantitative estimate of drug-likeness (QED) is 0.862. The number of hydrogen-bond donors (Lipinski definition) is 1. The number of benzene rings is 2. The highest BCUT2D eigenvalue weighted by atomic mass is 19.1. The van der Waals surface area contributed by atoms with Crippen LogP contribution in [0.25, 0.3) is 0 Å². The van der Waals surface area contributed by atoms with Crippen LogP contribution in [0.15, 0.2) is 42.5 Å². The zero-order valence-corrected chi connectivity index (χ0v) is 14.8. The van der Waals surface area contributed by atoms with E-state index in [1.807, 2.05) is 12.1 Å². The third-order valence-corrected chi connectivity index (χ3v) is 4.39. The molecular weight excluding hydrogens is 335 g/mol. The van der Waals surface area contributed by atoms with E-state index in [9.17, 15) is 9.18 Å². The predicted octanol–water partition coefficient (Wildman–Crippen LogP) is 2.60. The van der Waals surface area contributed by atoms with Gasteiger partial charge in [-0.3, -0.25) is 9.69 Å². The number of nitrogens with zero attached hydrogens (tertiary/aromatic N) is 1. The third kappa shape index (κ3) is 4.80. The van der Waals surface area contributed by atoms with E-state index in [0.29, 0.717) is 12.3 Å². The lowest BCUT2D eigenvalue weighted by atomic mass is 10.1. The molecule has 1 aliphatic heterocycles. The maximum atomic E-state index is 13.4. The van der Waals surface area contributed by atoms with Crippen LogP contribution >= 0.6 is 0 Å². The van der Waals surface area contributed by atoms with Gasteiger partial charge in [0.15, 0.2) is 0 Å². The Hall–Kier alpha value is -2.44. The Morgan fingerprint density at radius 3 is 2.54 bits per heavy atom. The molecule has 1 aliphatic rings. The first-order valence-electron chi connectivity index (χ1n) is 8.65. The summed E-state index contributed by atoms with van der Waals surface area (Å²) in [5.74, 6) is -0.480. The third-order valence-electron chi connectivity index (χ3n) is 4.39. The van der Waals surface area contributed by atoms with Crippen molar-refractivity contribution >= 4 is 5.91 Å². The number of halogens is 1. The number of carbonyl (C=O) groups is 1. The van der Waals surface area contributed by atoms with Crippen molar-refractivity contribution in [1.82, 2.24) is 10.2 Å². The smallest absolute Gasteiger partial charge is 0.255 e. The van der Waals surface area contributed by atoms with Crippen LogP contribution in [-0.2, 0) is 17.8 Å². The first-order chi connectivity index (χ1) is 12.7. The van der Waals surface area contributed by atoms with Gasteiger partial charge in [-0.05, 0) is 29.3 Å². The Morgan fingerprint density at radius 1 is 1.15 bits per heavy atom. The van der Waals surface area contributed by atoms with E-state index in [4.69, 9.17) is 9.47 Å². The van der Waals surface area contributed by atoms with E-state index in [-0.39, 0.29) is 11.5 Å². The molecule has 0 saturated carbocycles. The van der Waals surface area contributed by atoms with Gasteiger partial charge in [0.1, 0.15) is 11.6 Å². The highest BCUT2D eigenvalue weighted by molar-refractivity contribution is 5.96. The molecule has 1 heterocycles. The first-order valence-corrected chi connectivity index (χ1v) is 8.65. The van der Waals surface area contributed by atoms with Crippen molar-refractivity contribution in [3.05, 3.63) is 65.0 Å². The molecule has 1 saturated heterocycles. The second-order valence-electron chi connectivity index (χ2n) is 6.23. The number of ether oxygens (including phenoxy) is 2. The van der Waals surface area contributed by atoms with Gasteiger partial charge in [0, 0.05) is 26.2 Å². The van der Waals surface area contributed by atoms with Crippen molar-refractivity contribution < 1.29 is 18.7 Å². The van der Waals surface area contributed by atoms with E-state index in [1.165, 1.54) is 30.9 Å². The second kappa shape index (κ2) is 8.78. The molecule has 2 aromatic carbocycles. The fourth-order valence-corrected chi connectivity index (χ4v) is 2.92. The molecule has 0 aromatic heterocycles. The van der Waals surface area contributed by atoms with Crippen molar-refractivity contribution in [3.8, 4) is 5.75 Å². The highest BCUT2D eigenvalue weighted by Gasteiger charge is 2.13. The molecule has 0 bridgehead atoms. The van der Waals surface area contributed by atoms with Gasteiger partial charge in [-0.25, -0.2) is 4.39 Å². The van der Waals surface area contributed by atoms with Crippen LogP contribution in [0.1, 0.15) is 21.5 Å². The summed E-state index contributed by atoms with van der Waals surface area (Å²) in [6.45, 7) is 4.74. The van der Waals surface area contributed by atoms with Crippen molar-refractivity contribution in [1.29, 1.82) is 0 Å². The fraction of sp³-hybridized carbons (Fsp3) is 0.350. The summed E-state index contributed by atoms with van der Waals surface area (Å²) in [5.41, 5.74) is 2.41. The van der Waals surface area contributed by atoms with Gasteiger partial charge < -0.3 is 14.8 Å². The van der Waals surface area contributed by atoms with Gasteiger partial charge in [0.2, 0.25) is 0 Å². The largest absolute Gasteiger partial charge is 0.496 e. The minimum Gasteiger partial charge on any atom is -0.496 e. The summed E-state index contributed by atoms with van der Waals surface area (Å²) in [4.78, 5) is 14.7. The van der Waals surface area contributed by atoms with Gasteiger partial charge in [0.05, 0.1) is 25.9 Å². The number of carbonyl (C=O) groups excluding carboxylic acids is 1. The minimum absolute atomic E-state index is 0.191. The monoisotopic (exact) mass is 358 g/mol. The summed E-state index contributed by atoms with van der Waals surface area (Å²) in [6, 6.07) is 12.0. The van der Waals surface area contributed by atoms with Crippen LogP contribution in [0, 0.1) is 5.82 Å². The standard InChI is InChI=1S/C20H23FN2O3/c1-25-19-7-6-17(21)12-18(19)20(24)22-13-15-2-4-16(5-3-15)14-23-8-10-26-11-9-23/h2-7,12H,8-11,13-14H2,1H3,(H,22,24). The molecule has 0 unspecified atom stereocenters. The van der Waals surface area contributed by atoms with E-state index in [1.54, 1.807) is 0 Å². The zero-order valence-electron chi connectivity index (χ0n) is 14.8. The number of morpholine rings is 1. The summed E-state index contributed by atoms with van der Waals surface area (Å²) in [7, 11) is 1.46. The Kier molecular flexibility index (Phi) is 6.20. The van der Waals surface area contributed by atoms with Gasteiger partial charge in [-0.1, -0.05) is 24.3 Å².